The zero-order valence-corrected chi connectivity index (χ0v) is 22.7. The van der Waals surface area contributed by atoms with Gasteiger partial charge in [0.15, 0.2) is 0 Å². The van der Waals surface area contributed by atoms with Gasteiger partial charge in [0.2, 0.25) is 5.91 Å². The molecule has 2 unspecified atom stereocenters. The van der Waals surface area contributed by atoms with Crippen molar-refractivity contribution in [1.82, 2.24) is 4.90 Å². The van der Waals surface area contributed by atoms with Gasteiger partial charge in [0.1, 0.15) is 11.1 Å². The fourth-order valence-corrected chi connectivity index (χ4v) is 6.96. The first-order chi connectivity index (χ1) is 16.9. The predicted molar refractivity (Wildman–Crippen MR) is 143 cm³/mol. The Morgan fingerprint density at radius 2 is 2.11 bits per heavy atom. The van der Waals surface area contributed by atoms with E-state index in [0.717, 1.165) is 75.8 Å². The molecule has 1 aromatic carbocycles. The van der Waals surface area contributed by atoms with Gasteiger partial charge in [-0.1, -0.05) is 43.1 Å². The Bertz CT molecular complexity index is 1090. The lowest BCUT2D eigenvalue weighted by Gasteiger charge is -2.36. The van der Waals surface area contributed by atoms with Crippen molar-refractivity contribution in [2.24, 2.45) is 5.92 Å². The molecule has 2 heterocycles. The minimum absolute atomic E-state index is 0.0130. The second-order valence-electron chi connectivity index (χ2n) is 9.52. The number of hydrogen-bond acceptors (Lipinski definition) is 5. The average Bonchev–Trinajstić information content (AvgIpc) is 3.47. The van der Waals surface area contributed by atoms with E-state index in [-0.39, 0.29) is 17.9 Å². The molecule has 2 aliphatic rings. The molecule has 4 rings (SSSR count). The van der Waals surface area contributed by atoms with Crippen LogP contribution < -0.4 is 5.32 Å². The normalized spacial score (nSPS) is 19.7. The van der Waals surface area contributed by atoms with Crippen molar-refractivity contribution in [2.75, 3.05) is 18.5 Å². The predicted octanol–water partition coefficient (Wildman–Crippen LogP) is 6.84. The smallest absolute Gasteiger partial charge is 0.228 e. The van der Waals surface area contributed by atoms with Crippen LogP contribution in [0.5, 0.6) is 0 Å². The van der Waals surface area contributed by atoms with Gasteiger partial charge in [-0.2, -0.15) is 5.26 Å². The Hall–Kier alpha value is -1.62. The summed E-state index contributed by atoms with van der Waals surface area (Å²) in [5.74, 6) is -0.0153. The number of anilines is 1. The van der Waals surface area contributed by atoms with Gasteiger partial charge in [-0.05, 0) is 68.2 Å². The van der Waals surface area contributed by atoms with Gasteiger partial charge < -0.3 is 10.1 Å². The summed E-state index contributed by atoms with van der Waals surface area (Å²) in [7, 11) is 0. The number of amides is 1. The molecule has 1 aliphatic heterocycles. The molecule has 0 saturated carbocycles. The zero-order valence-electron chi connectivity index (χ0n) is 20.4. The number of ether oxygens (including phenoxy) is 1. The highest BCUT2D eigenvalue weighted by atomic mass is 35.5. The standard InChI is InChI=1S/C27H33Cl2N3O2S/c1-3-17(4-2)26(33)31-27-23(14-30)22-10-9-20(13-25(22)35-27)32(16-21-6-5-11-34-21)15-18-7-8-19(28)12-24(18)29/h7-8,12,17,20-21H,3-6,9-11,13,15-16H2,1-2H3,(H,31,33). The van der Waals surface area contributed by atoms with E-state index in [1.54, 1.807) is 17.4 Å². The SMILES string of the molecule is CCC(CC)C(=O)Nc1sc2c(c1C#N)CCC(N(Cc1ccc(Cl)cc1Cl)CC1CCCO1)C2. The largest absolute Gasteiger partial charge is 0.377 e. The fraction of sp³-hybridized carbons (Fsp3) is 0.556. The zero-order chi connectivity index (χ0) is 24.9. The van der Waals surface area contributed by atoms with E-state index in [9.17, 15) is 10.1 Å². The first-order valence-electron chi connectivity index (χ1n) is 12.6. The summed E-state index contributed by atoms with van der Waals surface area (Å²) in [5.41, 5.74) is 2.81. The third-order valence-corrected chi connectivity index (χ3v) is 9.07. The van der Waals surface area contributed by atoms with Crippen LogP contribution in [-0.2, 0) is 28.9 Å². The Morgan fingerprint density at radius 3 is 2.77 bits per heavy atom. The van der Waals surface area contributed by atoms with Crippen LogP contribution in [-0.4, -0.2) is 36.1 Å². The molecular formula is C27H33Cl2N3O2S. The van der Waals surface area contributed by atoms with E-state index in [2.05, 4.69) is 16.3 Å². The molecule has 1 aliphatic carbocycles. The van der Waals surface area contributed by atoms with Crippen LogP contribution in [0.4, 0.5) is 5.00 Å². The van der Waals surface area contributed by atoms with E-state index < -0.39 is 0 Å². The number of fused-ring (bicyclic) bond motifs is 1. The molecular weight excluding hydrogens is 501 g/mol. The molecule has 0 spiro atoms. The van der Waals surface area contributed by atoms with Crippen LogP contribution in [0.15, 0.2) is 18.2 Å². The summed E-state index contributed by atoms with van der Waals surface area (Å²) in [6, 6.07) is 8.38. The lowest BCUT2D eigenvalue weighted by atomic mass is 9.90. The molecule has 1 N–H and O–H groups in total. The highest BCUT2D eigenvalue weighted by molar-refractivity contribution is 7.16. The first kappa shape index (κ1) is 26.4. The van der Waals surface area contributed by atoms with Gasteiger partial charge in [-0.3, -0.25) is 9.69 Å². The topological polar surface area (TPSA) is 65.4 Å². The van der Waals surface area contributed by atoms with Crippen LogP contribution in [0, 0.1) is 17.2 Å². The van der Waals surface area contributed by atoms with Gasteiger partial charge in [-0.25, -0.2) is 0 Å². The number of nitriles is 1. The number of halogens is 2. The Balaban J connectivity index is 1.55. The number of carbonyl (C=O) groups excluding carboxylic acids is 1. The average molecular weight is 535 g/mol. The maximum absolute atomic E-state index is 12.7. The van der Waals surface area contributed by atoms with Gasteiger partial charge in [0, 0.05) is 46.6 Å². The van der Waals surface area contributed by atoms with Crippen LogP contribution >= 0.6 is 34.5 Å². The van der Waals surface area contributed by atoms with Crippen molar-refractivity contribution in [1.29, 1.82) is 5.26 Å². The molecule has 1 fully saturated rings. The summed E-state index contributed by atoms with van der Waals surface area (Å²) in [4.78, 5) is 16.4. The van der Waals surface area contributed by atoms with E-state index in [1.165, 1.54) is 4.88 Å². The van der Waals surface area contributed by atoms with Crippen molar-refractivity contribution < 1.29 is 9.53 Å². The van der Waals surface area contributed by atoms with Crippen LogP contribution in [0.1, 0.15) is 67.5 Å². The second kappa shape index (κ2) is 12.1. The summed E-state index contributed by atoms with van der Waals surface area (Å²) in [6.07, 6.45) is 6.64. The van der Waals surface area contributed by atoms with Crippen molar-refractivity contribution in [3.8, 4) is 6.07 Å². The molecule has 35 heavy (non-hydrogen) atoms. The van der Waals surface area contributed by atoms with Crippen LogP contribution in [0.2, 0.25) is 10.0 Å². The lowest BCUT2D eigenvalue weighted by Crippen LogP contribution is -2.42. The molecule has 2 aromatic rings. The van der Waals surface area contributed by atoms with Gasteiger partial charge >= 0.3 is 0 Å². The molecule has 5 nitrogen and oxygen atoms in total. The molecule has 8 heteroatoms. The highest BCUT2D eigenvalue weighted by Gasteiger charge is 2.32. The molecule has 2 atom stereocenters. The second-order valence-corrected chi connectivity index (χ2v) is 11.5. The summed E-state index contributed by atoms with van der Waals surface area (Å²) < 4.78 is 5.98. The number of nitrogens with zero attached hydrogens (tertiary/aromatic N) is 2. The van der Waals surface area contributed by atoms with Gasteiger partial charge in [0.05, 0.1) is 11.7 Å². The lowest BCUT2D eigenvalue weighted by molar-refractivity contribution is -0.120. The molecule has 1 saturated heterocycles. The summed E-state index contributed by atoms with van der Waals surface area (Å²) in [6.45, 7) is 6.46. The minimum Gasteiger partial charge on any atom is -0.377 e. The van der Waals surface area contributed by atoms with E-state index in [0.29, 0.717) is 26.7 Å². The third kappa shape index (κ3) is 6.21. The number of thiophene rings is 1. The van der Waals surface area contributed by atoms with E-state index in [4.69, 9.17) is 27.9 Å². The van der Waals surface area contributed by atoms with Crippen LogP contribution in [0.25, 0.3) is 0 Å². The monoisotopic (exact) mass is 533 g/mol. The Kier molecular flexibility index (Phi) is 9.13. The molecule has 0 bridgehead atoms. The number of nitrogens with one attached hydrogen (secondary N) is 1. The van der Waals surface area contributed by atoms with Gasteiger partial charge in [0.25, 0.3) is 0 Å². The summed E-state index contributed by atoms with van der Waals surface area (Å²) >= 11 is 14.2. The quantitative estimate of drug-likeness (QED) is 0.383. The van der Waals surface area contributed by atoms with Crippen molar-refractivity contribution in [3.63, 3.8) is 0 Å². The van der Waals surface area contributed by atoms with E-state index >= 15 is 0 Å². The Morgan fingerprint density at radius 1 is 1.31 bits per heavy atom. The molecule has 1 amide bonds. The van der Waals surface area contributed by atoms with Crippen molar-refractivity contribution >= 4 is 45.4 Å². The number of rotatable bonds is 9. The molecule has 188 valence electrons. The fourth-order valence-electron chi connectivity index (χ4n) is 5.22. The van der Waals surface area contributed by atoms with Gasteiger partial charge in [-0.15, -0.1) is 11.3 Å². The van der Waals surface area contributed by atoms with Crippen LogP contribution in [0.3, 0.4) is 0 Å². The molecule has 1 aromatic heterocycles. The third-order valence-electron chi connectivity index (χ3n) is 7.31. The first-order valence-corrected chi connectivity index (χ1v) is 14.2. The minimum atomic E-state index is -0.0283. The van der Waals surface area contributed by atoms with E-state index in [1.807, 2.05) is 26.0 Å². The Labute approximate surface area is 222 Å². The number of benzene rings is 1. The molecule has 0 radical (unpaired) electrons. The van der Waals surface area contributed by atoms with Crippen molar-refractivity contribution in [2.45, 2.75) is 77.5 Å². The maximum Gasteiger partial charge on any atom is 0.228 e. The highest BCUT2D eigenvalue weighted by Crippen LogP contribution is 2.40. The maximum atomic E-state index is 12.7. The summed E-state index contributed by atoms with van der Waals surface area (Å²) in [5, 5.41) is 15.0. The van der Waals surface area contributed by atoms with Crippen molar-refractivity contribution in [3.05, 3.63) is 49.8 Å². The number of carbonyl (C=O) groups is 1. The number of hydrogen-bond donors (Lipinski definition) is 1.